The minimum atomic E-state index is 0.000000000000000444. The predicted molar refractivity (Wildman–Crippen MR) is 69.4 cm³/mol. The zero-order valence-corrected chi connectivity index (χ0v) is 12.4. The average molecular weight is 348 g/mol. The predicted octanol–water partition coefficient (Wildman–Crippen LogP) is 3.32. The Bertz CT molecular complexity index is 399. The van der Waals surface area contributed by atoms with E-state index in [-0.39, 0.29) is 26.4 Å². The van der Waals surface area contributed by atoms with E-state index in [4.69, 9.17) is 58.0 Å². The van der Waals surface area contributed by atoms with E-state index in [9.17, 15) is 0 Å². The average Bonchev–Trinajstić information content (AvgIpc) is 2.12. The van der Waals surface area contributed by atoms with Gasteiger partial charge in [0.2, 0.25) is 26.4 Å². The SMILES string of the molecule is Cc1nc(Cl)nc(Cl)n1.Clc1nc(Cl)nc(Cl)n1. The molecule has 11 heteroatoms. The molecule has 0 bridgehead atoms. The topological polar surface area (TPSA) is 77.3 Å². The lowest BCUT2D eigenvalue weighted by molar-refractivity contribution is 0.975. The summed E-state index contributed by atoms with van der Waals surface area (Å²) in [5.74, 6) is 0.528. The fourth-order valence-electron chi connectivity index (χ4n) is 0.722. The summed E-state index contributed by atoms with van der Waals surface area (Å²) >= 11 is 26.8. The van der Waals surface area contributed by atoms with E-state index in [2.05, 4.69) is 29.9 Å². The van der Waals surface area contributed by atoms with Crippen LogP contribution >= 0.6 is 58.0 Å². The van der Waals surface area contributed by atoms with Gasteiger partial charge >= 0.3 is 0 Å². The molecule has 0 fully saturated rings. The fraction of sp³-hybridized carbons (Fsp3) is 0.143. The Morgan fingerprint density at radius 3 is 0.944 bits per heavy atom. The van der Waals surface area contributed by atoms with E-state index in [1.807, 2.05) is 0 Å². The summed E-state index contributed by atoms with van der Waals surface area (Å²) in [6.07, 6.45) is 0. The minimum absolute atomic E-state index is 0.000000000000000444. The second kappa shape index (κ2) is 7.16. The van der Waals surface area contributed by atoms with Crippen LogP contribution in [0.5, 0.6) is 0 Å². The van der Waals surface area contributed by atoms with Crippen molar-refractivity contribution in [1.82, 2.24) is 29.9 Å². The molecule has 0 N–H and O–H groups in total. The maximum atomic E-state index is 5.40. The van der Waals surface area contributed by atoms with Crippen LogP contribution in [0.2, 0.25) is 26.4 Å². The Hall–Kier alpha value is -0.530. The normalized spacial score (nSPS) is 9.67. The quantitative estimate of drug-likeness (QED) is 0.727. The molecule has 2 heterocycles. The third kappa shape index (κ3) is 5.88. The third-order valence-electron chi connectivity index (χ3n) is 1.25. The van der Waals surface area contributed by atoms with E-state index in [0.717, 1.165) is 0 Å². The third-order valence-corrected chi connectivity index (χ3v) is 2.09. The molecular formula is C7H3Cl5N6. The van der Waals surface area contributed by atoms with Gasteiger partial charge in [0.05, 0.1) is 0 Å². The molecule has 2 aromatic heterocycles. The lowest BCUT2D eigenvalue weighted by atomic mass is 10.7. The van der Waals surface area contributed by atoms with Gasteiger partial charge in [0, 0.05) is 0 Å². The van der Waals surface area contributed by atoms with E-state index >= 15 is 0 Å². The van der Waals surface area contributed by atoms with Gasteiger partial charge in [-0.15, -0.1) is 0 Å². The number of aromatic nitrogens is 6. The highest BCUT2D eigenvalue weighted by atomic mass is 35.5. The van der Waals surface area contributed by atoms with Crippen molar-refractivity contribution >= 4 is 58.0 Å². The van der Waals surface area contributed by atoms with Crippen molar-refractivity contribution in [2.45, 2.75) is 6.92 Å². The number of hydrogen-bond donors (Lipinski definition) is 0. The number of halogens is 5. The number of aryl methyl sites for hydroxylation is 1. The second-order valence-electron chi connectivity index (χ2n) is 2.56. The fourth-order valence-corrected chi connectivity index (χ4v) is 1.78. The summed E-state index contributed by atoms with van der Waals surface area (Å²) in [6.45, 7) is 1.69. The maximum absolute atomic E-state index is 5.40. The zero-order chi connectivity index (χ0) is 13.7. The summed E-state index contributed by atoms with van der Waals surface area (Å²) < 4.78 is 0. The molecule has 0 atom stereocenters. The van der Waals surface area contributed by atoms with Crippen LogP contribution < -0.4 is 0 Å². The molecule has 0 aliphatic carbocycles. The highest BCUT2D eigenvalue weighted by Crippen LogP contribution is 2.08. The lowest BCUT2D eigenvalue weighted by Gasteiger charge is -1.90. The summed E-state index contributed by atoms with van der Waals surface area (Å²) in [5, 5.41) is 0.264. The van der Waals surface area contributed by atoms with Gasteiger partial charge in [-0.1, -0.05) is 0 Å². The van der Waals surface area contributed by atoms with E-state index in [1.54, 1.807) is 6.92 Å². The number of nitrogens with zero attached hydrogens (tertiary/aromatic N) is 6. The first-order chi connectivity index (χ1) is 8.36. The van der Waals surface area contributed by atoms with Crippen LogP contribution in [0, 0.1) is 6.92 Å². The summed E-state index contributed by atoms with van der Waals surface area (Å²) in [5.41, 5.74) is 0. The first-order valence-electron chi connectivity index (χ1n) is 4.13. The van der Waals surface area contributed by atoms with Crippen LogP contribution in [0.3, 0.4) is 0 Å². The molecule has 6 nitrogen and oxygen atoms in total. The Balaban J connectivity index is 0.000000180. The van der Waals surface area contributed by atoms with E-state index < -0.39 is 0 Å². The summed E-state index contributed by atoms with van der Waals surface area (Å²) in [6, 6.07) is 0. The second-order valence-corrected chi connectivity index (χ2v) is 4.25. The standard InChI is InChI=1S/C4H3Cl2N3.C3Cl3N3/c1-2-7-3(5)9-4(6)8-2;4-1-7-2(5)9-3(6)8-1/h1H3;. The Morgan fingerprint density at radius 1 is 0.500 bits per heavy atom. The van der Waals surface area contributed by atoms with Crippen molar-refractivity contribution < 1.29 is 0 Å². The van der Waals surface area contributed by atoms with Crippen LogP contribution in [-0.4, -0.2) is 29.9 Å². The van der Waals surface area contributed by atoms with Gasteiger partial charge in [0.1, 0.15) is 5.82 Å². The van der Waals surface area contributed by atoms with Crippen molar-refractivity contribution in [3.8, 4) is 0 Å². The molecule has 96 valence electrons. The molecule has 0 unspecified atom stereocenters. The molecule has 0 aliphatic rings. The first-order valence-corrected chi connectivity index (χ1v) is 6.02. The van der Waals surface area contributed by atoms with Gasteiger partial charge in [0.15, 0.2) is 0 Å². The van der Waals surface area contributed by atoms with Crippen molar-refractivity contribution in [1.29, 1.82) is 0 Å². The van der Waals surface area contributed by atoms with Crippen LogP contribution in [0.15, 0.2) is 0 Å². The molecule has 0 saturated heterocycles. The van der Waals surface area contributed by atoms with Gasteiger partial charge in [-0.25, -0.2) is 9.97 Å². The zero-order valence-electron chi connectivity index (χ0n) is 8.57. The van der Waals surface area contributed by atoms with Gasteiger partial charge in [-0.2, -0.15) is 19.9 Å². The van der Waals surface area contributed by atoms with Gasteiger partial charge in [0.25, 0.3) is 0 Å². The minimum Gasteiger partial charge on any atom is -0.203 e. The van der Waals surface area contributed by atoms with Crippen molar-refractivity contribution in [3.05, 3.63) is 32.2 Å². The molecule has 0 radical (unpaired) electrons. The molecule has 0 aromatic carbocycles. The van der Waals surface area contributed by atoms with Crippen molar-refractivity contribution in [2.24, 2.45) is 0 Å². The monoisotopic (exact) mass is 346 g/mol. The smallest absolute Gasteiger partial charge is 0.203 e. The van der Waals surface area contributed by atoms with E-state index in [0.29, 0.717) is 5.82 Å². The highest BCUT2D eigenvalue weighted by molar-refractivity contribution is 6.33. The molecule has 0 aliphatic heterocycles. The Labute approximate surface area is 127 Å². The van der Waals surface area contributed by atoms with Crippen molar-refractivity contribution in [3.63, 3.8) is 0 Å². The van der Waals surface area contributed by atoms with Crippen LogP contribution in [-0.2, 0) is 0 Å². The van der Waals surface area contributed by atoms with Gasteiger partial charge in [-0.3, -0.25) is 0 Å². The largest absolute Gasteiger partial charge is 0.227 e. The van der Waals surface area contributed by atoms with Crippen LogP contribution in [0.4, 0.5) is 0 Å². The summed E-state index contributed by atoms with van der Waals surface area (Å²) in [4.78, 5) is 21.3. The molecule has 0 amide bonds. The van der Waals surface area contributed by atoms with E-state index in [1.165, 1.54) is 0 Å². The Kier molecular flexibility index (Phi) is 6.17. The van der Waals surface area contributed by atoms with Crippen LogP contribution in [0.1, 0.15) is 5.82 Å². The highest BCUT2D eigenvalue weighted by Gasteiger charge is 1.97. The van der Waals surface area contributed by atoms with Crippen LogP contribution in [0.25, 0.3) is 0 Å². The number of rotatable bonds is 0. The number of hydrogen-bond acceptors (Lipinski definition) is 6. The molecular weight excluding hydrogens is 345 g/mol. The van der Waals surface area contributed by atoms with Crippen molar-refractivity contribution in [2.75, 3.05) is 0 Å². The maximum Gasteiger partial charge on any atom is 0.227 e. The molecule has 0 saturated carbocycles. The lowest BCUT2D eigenvalue weighted by Crippen LogP contribution is -1.91. The Morgan fingerprint density at radius 2 is 0.722 bits per heavy atom. The molecule has 2 aromatic rings. The summed E-state index contributed by atoms with van der Waals surface area (Å²) in [7, 11) is 0. The molecule has 18 heavy (non-hydrogen) atoms. The molecule has 2 rings (SSSR count). The molecule has 0 spiro atoms. The van der Waals surface area contributed by atoms with Gasteiger partial charge in [-0.05, 0) is 64.9 Å². The first kappa shape index (κ1) is 15.5. The van der Waals surface area contributed by atoms with Gasteiger partial charge < -0.3 is 0 Å².